The molecule has 0 saturated heterocycles. The highest BCUT2D eigenvalue weighted by Gasteiger charge is 2.34. The minimum atomic E-state index is -0.233. The van der Waals surface area contributed by atoms with E-state index in [4.69, 9.17) is 26.5 Å². The molecule has 4 aromatic rings. The van der Waals surface area contributed by atoms with E-state index in [-0.39, 0.29) is 6.04 Å². The molecule has 7 heteroatoms. The Kier molecular flexibility index (Phi) is 6.57. The van der Waals surface area contributed by atoms with E-state index >= 15 is 0 Å². The van der Waals surface area contributed by atoms with Gasteiger partial charge in [0.2, 0.25) is 5.82 Å². The molecule has 0 saturated carbocycles. The molecular weight excluding hydrogens is 468 g/mol. The minimum Gasteiger partial charge on any atom is -0.497 e. The van der Waals surface area contributed by atoms with Gasteiger partial charge < -0.3 is 14.6 Å². The first-order valence-corrected chi connectivity index (χ1v) is 12.3. The van der Waals surface area contributed by atoms with Crippen LogP contribution in [-0.2, 0) is 6.42 Å². The standard InChI is InChI=1S/C29H28N4O2S/c1-5-20-9-11-21(12-10-20)26-25(28-31-27(32-35-28)22-8-6-7-18(2)17-22)19(3)33(29(36)30-26)23-13-15-24(34-4)16-14-23/h6-17,26H,5H2,1-4H3,(H,30,36). The zero-order chi connectivity index (χ0) is 25.2. The molecule has 0 spiro atoms. The van der Waals surface area contributed by atoms with Gasteiger partial charge in [-0.15, -0.1) is 0 Å². The van der Waals surface area contributed by atoms with Crippen LogP contribution < -0.4 is 15.0 Å². The van der Waals surface area contributed by atoms with Gasteiger partial charge in [0.15, 0.2) is 5.11 Å². The zero-order valence-electron chi connectivity index (χ0n) is 20.8. The van der Waals surface area contributed by atoms with Crippen LogP contribution in [0.25, 0.3) is 17.0 Å². The van der Waals surface area contributed by atoms with E-state index in [1.165, 1.54) is 5.56 Å². The third-order valence-corrected chi connectivity index (χ3v) is 6.77. The minimum absolute atomic E-state index is 0.233. The van der Waals surface area contributed by atoms with Gasteiger partial charge >= 0.3 is 0 Å². The molecule has 0 radical (unpaired) electrons. The summed E-state index contributed by atoms with van der Waals surface area (Å²) in [6.07, 6.45) is 0.979. The first-order valence-electron chi connectivity index (χ1n) is 11.9. The third-order valence-electron chi connectivity index (χ3n) is 6.47. The maximum Gasteiger partial charge on any atom is 0.258 e. The fourth-order valence-electron chi connectivity index (χ4n) is 4.49. The Morgan fingerprint density at radius 2 is 1.78 bits per heavy atom. The fourth-order valence-corrected chi connectivity index (χ4v) is 4.85. The lowest BCUT2D eigenvalue weighted by Gasteiger charge is -2.37. The second-order valence-electron chi connectivity index (χ2n) is 8.80. The summed E-state index contributed by atoms with van der Waals surface area (Å²) in [4.78, 5) is 6.82. The van der Waals surface area contributed by atoms with Gasteiger partial charge in [0.1, 0.15) is 5.75 Å². The van der Waals surface area contributed by atoms with Crippen LogP contribution in [0.2, 0.25) is 0 Å². The molecule has 182 valence electrons. The molecule has 0 bridgehead atoms. The maximum absolute atomic E-state index is 5.87. The number of hydrogen-bond acceptors (Lipinski definition) is 5. The number of methoxy groups -OCH3 is 1. The lowest BCUT2D eigenvalue weighted by Crippen LogP contribution is -2.46. The van der Waals surface area contributed by atoms with Crippen LogP contribution in [0, 0.1) is 6.92 Å². The van der Waals surface area contributed by atoms with Crippen LogP contribution in [-0.4, -0.2) is 22.4 Å². The van der Waals surface area contributed by atoms with E-state index in [1.807, 2.05) is 61.2 Å². The van der Waals surface area contributed by atoms with E-state index in [0.717, 1.165) is 45.8 Å². The Labute approximate surface area is 216 Å². The van der Waals surface area contributed by atoms with Crippen LogP contribution in [0.15, 0.2) is 83.0 Å². The van der Waals surface area contributed by atoms with Gasteiger partial charge in [0.05, 0.1) is 18.7 Å². The number of ether oxygens (including phenoxy) is 1. The van der Waals surface area contributed by atoms with Gasteiger partial charge in [-0.05, 0) is 73.9 Å². The van der Waals surface area contributed by atoms with E-state index in [9.17, 15) is 0 Å². The van der Waals surface area contributed by atoms with Crippen LogP contribution >= 0.6 is 12.2 Å². The average Bonchev–Trinajstić information content (AvgIpc) is 3.39. The first-order chi connectivity index (χ1) is 17.5. The number of nitrogens with zero attached hydrogens (tertiary/aromatic N) is 3. The topological polar surface area (TPSA) is 63.4 Å². The van der Waals surface area contributed by atoms with Gasteiger partial charge in [0.25, 0.3) is 5.89 Å². The Hall–Kier alpha value is -3.97. The van der Waals surface area contributed by atoms with Gasteiger partial charge in [0, 0.05) is 16.9 Å². The van der Waals surface area contributed by atoms with Crippen molar-refractivity contribution in [1.29, 1.82) is 0 Å². The highest BCUT2D eigenvalue weighted by Crippen LogP contribution is 2.39. The number of allylic oxidation sites excluding steroid dienone is 1. The highest BCUT2D eigenvalue weighted by atomic mass is 32.1. The second kappa shape index (κ2) is 9.95. The number of nitrogens with one attached hydrogen (secondary N) is 1. The van der Waals surface area contributed by atoms with E-state index in [1.54, 1.807) is 7.11 Å². The number of aromatic nitrogens is 2. The average molecular weight is 497 g/mol. The molecule has 1 unspecified atom stereocenters. The largest absolute Gasteiger partial charge is 0.497 e. The number of anilines is 1. The zero-order valence-corrected chi connectivity index (χ0v) is 21.6. The maximum atomic E-state index is 5.87. The molecule has 2 heterocycles. The third kappa shape index (κ3) is 4.50. The quantitative estimate of drug-likeness (QED) is 0.306. The summed E-state index contributed by atoms with van der Waals surface area (Å²) in [5.41, 5.74) is 7.13. The van der Waals surface area contributed by atoms with Crippen molar-refractivity contribution in [3.8, 4) is 17.1 Å². The van der Waals surface area contributed by atoms with Crippen LogP contribution in [0.3, 0.4) is 0 Å². The van der Waals surface area contributed by atoms with Crippen LogP contribution in [0.4, 0.5) is 5.69 Å². The van der Waals surface area contributed by atoms with Crippen molar-refractivity contribution >= 4 is 28.6 Å². The van der Waals surface area contributed by atoms with Crippen molar-refractivity contribution < 1.29 is 9.26 Å². The Morgan fingerprint density at radius 1 is 1.03 bits per heavy atom. The molecule has 1 atom stereocenters. The molecule has 1 aliphatic rings. The molecule has 36 heavy (non-hydrogen) atoms. The molecule has 0 aliphatic carbocycles. The number of aryl methyl sites for hydroxylation is 2. The van der Waals surface area contributed by atoms with E-state index < -0.39 is 0 Å². The van der Waals surface area contributed by atoms with Crippen LogP contribution in [0.5, 0.6) is 5.75 Å². The van der Waals surface area contributed by atoms with Crippen molar-refractivity contribution in [3.05, 3.63) is 101 Å². The molecule has 1 N–H and O–H groups in total. The smallest absolute Gasteiger partial charge is 0.258 e. The van der Waals surface area contributed by atoms with Crippen molar-refractivity contribution in [1.82, 2.24) is 15.5 Å². The van der Waals surface area contributed by atoms with Gasteiger partial charge in [-0.1, -0.05) is 60.1 Å². The van der Waals surface area contributed by atoms with Gasteiger partial charge in [-0.25, -0.2) is 0 Å². The molecule has 1 aliphatic heterocycles. The highest BCUT2D eigenvalue weighted by molar-refractivity contribution is 7.80. The molecule has 1 aromatic heterocycles. The van der Waals surface area contributed by atoms with E-state index in [0.29, 0.717) is 16.8 Å². The Morgan fingerprint density at radius 3 is 2.44 bits per heavy atom. The number of thiocarbonyl (C=S) groups is 1. The van der Waals surface area contributed by atoms with Crippen molar-refractivity contribution in [2.45, 2.75) is 33.2 Å². The van der Waals surface area contributed by atoms with Gasteiger partial charge in [-0.2, -0.15) is 4.98 Å². The number of hydrogen-bond donors (Lipinski definition) is 1. The summed E-state index contributed by atoms with van der Waals surface area (Å²) in [6, 6.07) is 24.2. The predicted molar refractivity (Wildman–Crippen MR) is 147 cm³/mol. The van der Waals surface area contributed by atoms with Crippen molar-refractivity contribution in [2.75, 3.05) is 12.0 Å². The number of rotatable bonds is 6. The fraction of sp³-hybridized carbons (Fsp3) is 0.207. The first kappa shape index (κ1) is 23.8. The molecular formula is C29H28N4O2S. The van der Waals surface area contributed by atoms with Crippen molar-refractivity contribution in [2.24, 2.45) is 0 Å². The summed E-state index contributed by atoms with van der Waals surface area (Å²) < 4.78 is 11.2. The molecule has 5 rings (SSSR count). The summed E-state index contributed by atoms with van der Waals surface area (Å²) in [5, 5.41) is 8.44. The molecule has 0 amide bonds. The summed E-state index contributed by atoms with van der Waals surface area (Å²) in [6.45, 7) is 6.24. The summed E-state index contributed by atoms with van der Waals surface area (Å²) in [5.74, 6) is 1.80. The predicted octanol–water partition coefficient (Wildman–Crippen LogP) is 6.48. The van der Waals surface area contributed by atoms with Gasteiger partial charge in [-0.3, -0.25) is 4.90 Å². The second-order valence-corrected chi connectivity index (χ2v) is 9.19. The lowest BCUT2D eigenvalue weighted by molar-refractivity contribution is 0.404. The van der Waals surface area contributed by atoms with Crippen LogP contribution in [0.1, 0.15) is 42.5 Å². The normalized spacial score (nSPS) is 15.7. The molecule has 0 fully saturated rings. The monoisotopic (exact) mass is 496 g/mol. The van der Waals surface area contributed by atoms with Crippen molar-refractivity contribution in [3.63, 3.8) is 0 Å². The Bertz CT molecular complexity index is 1420. The molecule has 3 aromatic carbocycles. The van der Waals surface area contributed by atoms with E-state index in [2.05, 4.69) is 47.7 Å². The lowest BCUT2D eigenvalue weighted by atomic mass is 9.93. The SMILES string of the molecule is CCc1ccc(C2NC(=S)N(c3ccc(OC)cc3)C(C)=C2c2nc(-c3cccc(C)c3)no2)cc1. The Balaban J connectivity index is 1.63. The summed E-state index contributed by atoms with van der Waals surface area (Å²) in [7, 11) is 1.65. The molecule has 6 nitrogen and oxygen atoms in total. The summed E-state index contributed by atoms with van der Waals surface area (Å²) >= 11 is 5.85. The number of benzene rings is 3.